The van der Waals surface area contributed by atoms with Gasteiger partial charge in [-0.25, -0.2) is 0 Å². The van der Waals surface area contributed by atoms with E-state index in [4.69, 9.17) is 14.7 Å². The van der Waals surface area contributed by atoms with Crippen molar-refractivity contribution in [3.05, 3.63) is 23.9 Å². The van der Waals surface area contributed by atoms with Crippen LogP contribution in [0.3, 0.4) is 0 Å². The van der Waals surface area contributed by atoms with Gasteiger partial charge in [0.1, 0.15) is 23.1 Å². The van der Waals surface area contributed by atoms with Crippen LogP contribution in [0.15, 0.2) is 18.3 Å². The predicted octanol–water partition coefficient (Wildman–Crippen LogP) is 2.56. The highest BCUT2D eigenvalue weighted by Gasteiger charge is 2.13. The molecule has 0 aliphatic carbocycles. The average Bonchev–Trinajstić information content (AvgIpc) is 2.46. The molecular formula is C14H15N3O2. The van der Waals surface area contributed by atoms with Gasteiger partial charge in [-0.2, -0.15) is 5.26 Å². The van der Waals surface area contributed by atoms with Gasteiger partial charge in [0, 0.05) is 24.2 Å². The molecule has 2 aromatic rings. The number of hydrogen-bond donors (Lipinski definition) is 1. The minimum Gasteiger partial charge on any atom is -0.497 e. The third-order valence-corrected chi connectivity index (χ3v) is 2.84. The van der Waals surface area contributed by atoms with Gasteiger partial charge in [-0.1, -0.05) is 0 Å². The fourth-order valence-corrected chi connectivity index (χ4v) is 1.97. The number of aromatic nitrogens is 1. The van der Waals surface area contributed by atoms with E-state index in [1.807, 2.05) is 13.0 Å². The van der Waals surface area contributed by atoms with Crippen molar-refractivity contribution in [2.75, 3.05) is 26.1 Å². The van der Waals surface area contributed by atoms with Crippen LogP contribution in [-0.2, 0) is 0 Å². The van der Waals surface area contributed by atoms with Crippen LogP contribution in [0.1, 0.15) is 12.5 Å². The number of ether oxygens (including phenoxy) is 2. The Hall–Kier alpha value is -2.48. The first-order chi connectivity index (χ1) is 9.24. The van der Waals surface area contributed by atoms with Gasteiger partial charge in [0.15, 0.2) is 0 Å². The summed E-state index contributed by atoms with van der Waals surface area (Å²) in [6, 6.07) is 5.77. The van der Waals surface area contributed by atoms with Crippen LogP contribution in [0.4, 0.5) is 5.69 Å². The lowest BCUT2D eigenvalue weighted by atomic mass is 10.1. The topological polar surface area (TPSA) is 67.2 Å². The maximum absolute atomic E-state index is 9.17. The SMILES string of the molecule is CCNc1c(C#N)cnc2c(OC)cc(OC)cc12. The van der Waals surface area contributed by atoms with Crippen LogP contribution in [0, 0.1) is 11.3 Å². The van der Waals surface area contributed by atoms with Crippen molar-refractivity contribution in [2.45, 2.75) is 6.92 Å². The van der Waals surface area contributed by atoms with Gasteiger partial charge >= 0.3 is 0 Å². The highest BCUT2D eigenvalue weighted by Crippen LogP contribution is 2.35. The molecule has 1 N–H and O–H groups in total. The van der Waals surface area contributed by atoms with Gasteiger partial charge in [-0.3, -0.25) is 4.98 Å². The Morgan fingerprint density at radius 3 is 2.68 bits per heavy atom. The number of rotatable bonds is 4. The van der Waals surface area contributed by atoms with Crippen molar-refractivity contribution >= 4 is 16.6 Å². The quantitative estimate of drug-likeness (QED) is 0.911. The summed E-state index contributed by atoms with van der Waals surface area (Å²) in [4.78, 5) is 4.30. The molecule has 1 aromatic heterocycles. The molecular weight excluding hydrogens is 242 g/mol. The molecule has 5 heteroatoms. The molecule has 0 amide bonds. The normalized spacial score (nSPS) is 10.0. The third kappa shape index (κ3) is 2.25. The number of nitrogens with zero attached hydrogens (tertiary/aromatic N) is 2. The largest absolute Gasteiger partial charge is 0.497 e. The minimum atomic E-state index is 0.504. The standard InChI is InChI=1S/C14H15N3O2/c1-4-16-13-9(7-15)8-17-14-11(13)5-10(18-2)6-12(14)19-3/h5-6,8H,4H2,1-3H3,(H,16,17). The molecule has 0 saturated heterocycles. The zero-order valence-corrected chi connectivity index (χ0v) is 11.2. The van der Waals surface area contributed by atoms with Gasteiger partial charge in [0.05, 0.1) is 25.5 Å². The summed E-state index contributed by atoms with van der Waals surface area (Å²) in [6.07, 6.45) is 1.55. The Labute approximate surface area is 111 Å². The van der Waals surface area contributed by atoms with Crippen LogP contribution in [-0.4, -0.2) is 25.7 Å². The monoisotopic (exact) mass is 257 g/mol. The second kappa shape index (κ2) is 5.44. The molecule has 0 saturated carbocycles. The van der Waals surface area contributed by atoms with Crippen molar-refractivity contribution in [1.82, 2.24) is 4.98 Å². The van der Waals surface area contributed by atoms with E-state index in [1.165, 1.54) is 0 Å². The first kappa shape index (κ1) is 13.0. The van der Waals surface area contributed by atoms with Crippen LogP contribution in [0.2, 0.25) is 0 Å². The first-order valence-electron chi connectivity index (χ1n) is 5.93. The predicted molar refractivity (Wildman–Crippen MR) is 73.7 cm³/mol. The van der Waals surface area contributed by atoms with E-state index < -0.39 is 0 Å². The lowest BCUT2D eigenvalue weighted by Gasteiger charge is -2.13. The lowest BCUT2D eigenvalue weighted by Crippen LogP contribution is -2.02. The molecule has 98 valence electrons. The molecule has 5 nitrogen and oxygen atoms in total. The Balaban J connectivity index is 2.82. The van der Waals surface area contributed by atoms with Crippen molar-refractivity contribution in [3.8, 4) is 17.6 Å². The molecule has 0 spiro atoms. The Kier molecular flexibility index (Phi) is 3.71. The summed E-state index contributed by atoms with van der Waals surface area (Å²) in [5.74, 6) is 1.29. The number of pyridine rings is 1. The number of hydrogen-bond acceptors (Lipinski definition) is 5. The van der Waals surface area contributed by atoms with E-state index >= 15 is 0 Å². The first-order valence-corrected chi connectivity index (χ1v) is 5.93. The van der Waals surface area contributed by atoms with Crippen molar-refractivity contribution in [2.24, 2.45) is 0 Å². The fourth-order valence-electron chi connectivity index (χ4n) is 1.97. The number of benzene rings is 1. The van der Waals surface area contributed by atoms with E-state index in [2.05, 4.69) is 16.4 Å². The number of methoxy groups -OCH3 is 2. The zero-order valence-electron chi connectivity index (χ0n) is 11.2. The van der Waals surface area contributed by atoms with Gasteiger partial charge in [0.25, 0.3) is 0 Å². The fraction of sp³-hybridized carbons (Fsp3) is 0.286. The van der Waals surface area contributed by atoms with E-state index in [9.17, 15) is 0 Å². The highest BCUT2D eigenvalue weighted by atomic mass is 16.5. The van der Waals surface area contributed by atoms with Crippen molar-refractivity contribution < 1.29 is 9.47 Å². The molecule has 0 fully saturated rings. The average molecular weight is 257 g/mol. The molecule has 2 rings (SSSR count). The molecule has 0 bridgehead atoms. The van der Waals surface area contributed by atoms with Gasteiger partial charge < -0.3 is 14.8 Å². The summed E-state index contributed by atoms with van der Waals surface area (Å²) in [5, 5.41) is 13.2. The lowest BCUT2D eigenvalue weighted by molar-refractivity contribution is 0.397. The Bertz CT molecular complexity index is 647. The van der Waals surface area contributed by atoms with Gasteiger partial charge in [-0.15, -0.1) is 0 Å². The molecule has 0 aliphatic rings. The second-order valence-corrected chi connectivity index (χ2v) is 3.91. The molecule has 0 atom stereocenters. The number of nitrogens with one attached hydrogen (secondary N) is 1. The smallest absolute Gasteiger partial charge is 0.148 e. The number of fused-ring (bicyclic) bond motifs is 1. The number of nitriles is 1. The van der Waals surface area contributed by atoms with Crippen LogP contribution >= 0.6 is 0 Å². The summed E-state index contributed by atoms with van der Waals surface area (Å²) in [5.41, 5.74) is 1.97. The molecule has 1 heterocycles. The van der Waals surface area contributed by atoms with Crippen molar-refractivity contribution in [1.29, 1.82) is 5.26 Å². The second-order valence-electron chi connectivity index (χ2n) is 3.91. The molecule has 1 aromatic carbocycles. The van der Waals surface area contributed by atoms with Crippen molar-refractivity contribution in [3.63, 3.8) is 0 Å². The van der Waals surface area contributed by atoms with Crippen LogP contribution in [0.25, 0.3) is 10.9 Å². The summed E-state index contributed by atoms with van der Waals surface area (Å²) in [6.45, 7) is 2.69. The molecule has 0 radical (unpaired) electrons. The van der Waals surface area contributed by atoms with E-state index in [0.29, 0.717) is 29.1 Å². The summed E-state index contributed by atoms with van der Waals surface area (Å²) < 4.78 is 10.6. The molecule has 19 heavy (non-hydrogen) atoms. The molecule has 0 unspecified atom stereocenters. The Morgan fingerprint density at radius 2 is 2.11 bits per heavy atom. The summed E-state index contributed by atoms with van der Waals surface area (Å²) >= 11 is 0. The maximum atomic E-state index is 9.17. The van der Waals surface area contributed by atoms with Crippen LogP contribution < -0.4 is 14.8 Å². The zero-order chi connectivity index (χ0) is 13.8. The van der Waals surface area contributed by atoms with Gasteiger partial charge in [0.2, 0.25) is 0 Å². The maximum Gasteiger partial charge on any atom is 0.148 e. The number of anilines is 1. The van der Waals surface area contributed by atoms with Gasteiger partial charge in [-0.05, 0) is 13.0 Å². The third-order valence-electron chi connectivity index (χ3n) is 2.84. The Morgan fingerprint density at radius 1 is 1.32 bits per heavy atom. The van der Waals surface area contributed by atoms with E-state index in [0.717, 1.165) is 11.1 Å². The van der Waals surface area contributed by atoms with E-state index in [1.54, 1.807) is 26.5 Å². The van der Waals surface area contributed by atoms with Crippen LogP contribution in [0.5, 0.6) is 11.5 Å². The van der Waals surface area contributed by atoms with E-state index in [-0.39, 0.29) is 0 Å². The summed E-state index contributed by atoms with van der Waals surface area (Å²) in [7, 11) is 3.18. The minimum absolute atomic E-state index is 0.504. The molecule has 0 aliphatic heterocycles. The highest BCUT2D eigenvalue weighted by molar-refractivity contribution is 5.98.